The third-order valence-corrected chi connectivity index (χ3v) is 2.50. The molecule has 1 aromatic rings. The highest BCUT2D eigenvalue weighted by molar-refractivity contribution is 9.10. The first-order valence-corrected chi connectivity index (χ1v) is 4.87. The fourth-order valence-electron chi connectivity index (χ4n) is 1.48. The zero-order valence-corrected chi connectivity index (χ0v) is 8.96. The number of furan rings is 1. The summed E-state index contributed by atoms with van der Waals surface area (Å²) in [5, 5.41) is 0. The standard InChI is InChI=1S/C9H7BrO4/c1-4-2-6(10)13-8(4)5-3-7(11)14-9(5)12/h2,5H,3H2,1H3. The lowest BCUT2D eigenvalue weighted by molar-refractivity contribution is -0.152. The molecule has 0 bridgehead atoms. The Balaban J connectivity index is 2.36. The number of aryl methyl sites for hydroxylation is 1. The topological polar surface area (TPSA) is 56.5 Å². The molecular formula is C9H7BrO4. The van der Waals surface area contributed by atoms with Crippen molar-refractivity contribution < 1.29 is 18.7 Å². The van der Waals surface area contributed by atoms with E-state index in [2.05, 4.69) is 20.7 Å². The maximum absolute atomic E-state index is 11.2. The fourth-order valence-corrected chi connectivity index (χ4v) is 1.99. The van der Waals surface area contributed by atoms with Crippen LogP contribution < -0.4 is 0 Å². The van der Waals surface area contributed by atoms with Crippen molar-refractivity contribution in [2.45, 2.75) is 19.3 Å². The molecule has 14 heavy (non-hydrogen) atoms. The van der Waals surface area contributed by atoms with E-state index in [-0.39, 0.29) is 6.42 Å². The number of hydrogen-bond acceptors (Lipinski definition) is 4. The minimum absolute atomic E-state index is 0.0691. The largest absolute Gasteiger partial charge is 0.453 e. The number of halogens is 1. The Kier molecular flexibility index (Phi) is 2.19. The second-order valence-corrected chi connectivity index (χ2v) is 3.93. The Morgan fingerprint density at radius 1 is 1.50 bits per heavy atom. The first-order chi connectivity index (χ1) is 6.58. The molecule has 5 heteroatoms. The van der Waals surface area contributed by atoms with Crippen molar-refractivity contribution >= 4 is 27.9 Å². The molecule has 0 aliphatic carbocycles. The number of carbonyl (C=O) groups excluding carboxylic acids is 2. The quantitative estimate of drug-likeness (QED) is 0.571. The molecule has 4 nitrogen and oxygen atoms in total. The molecule has 0 amide bonds. The molecule has 0 saturated carbocycles. The van der Waals surface area contributed by atoms with Crippen LogP contribution in [-0.4, -0.2) is 11.9 Å². The van der Waals surface area contributed by atoms with Gasteiger partial charge in [-0.2, -0.15) is 0 Å². The summed E-state index contributed by atoms with van der Waals surface area (Å²) in [7, 11) is 0. The lowest BCUT2D eigenvalue weighted by Gasteiger charge is -2.00. The van der Waals surface area contributed by atoms with Crippen molar-refractivity contribution in [2.24, 2.45) is 0 Å². The smallest absolute Gasteiger partial charge is 0.324 e. The Morgan fingerprint density at radius 3 is 2.64 bits per heavy atom. The van der Waals surface area contributed by atoms with Gasteiger partial charge in [0.2, 0.25) is 0 Å². The molecule has 1 aliphatic rings. The van der Waals surface area contributed by atoms with E-state index in [1.807, 2.05) is 6.92 Å². The van der Waals surface area contributed by atoms with E-state index in [0.717, 1.165) is 5.56 Å². The average Bonchev–Trinajstić information content (AvgIpc) is 2.55. The van der Waals surface area contributed by atoms with E-state index in [1.165, 1.54) is 0 Å². The van der Waals surface area contributed by atoms with Gasteiger partial charge in [0.05, 0.1) is 6.42 Å². The van der Waals surface area contributed by atoms with Crippen LogP contribution in [0.3, 0.4) is 0 Å². The van der Waals surface area contributed by atoms with E-state index in [9.17, 15) is 9.59 Å². The van der Waals surface area contributed by atoms with Crippen molar-refractivity contribution in [1.82, 2.24) is 0 Å². The number of ether oxygens (including phenoxy) is 1. The van der Waals surface area contributed by atoms with Crippen LogP contribution in [0.1, 0.15) is 23.7 Å². The molecule has 1 fully saturated rings. The second kappa shape index (κ2) is 3.24. The first-order valence-electron chi connectivity index (χ1n) is 4.08. The molecule has 1 saturated heterocycles. The Morgan fingerprint density at radius 2 is 2.21 bits per heavy atom. The summed E-state index contributed by atoms with van der Waals surface area (Å²) in [5.74, 6) is -1.09. The molecule has 2 heterocycles. The molecule has 74 valence electrons. The van der Waals surface area contributed by atoms with Gasteiger partial charge in [-0.3, -0.25) is 9.59 Å². The summed E-state index contributed by atoms with van der Waals surface area (Å²) in [6.07, 6.45) is 0.0691. The van der Waals surface area contributed by atoms with Crippen LogP contribution in [0.15, 0.2) is 15.2 Å². The Hall–Kier alpha value is -1.10. The SMILES string of the molecule is Cc1cc(Br)oc1C1CC(=O)OC1=O. The van der Waals surface area contributed by atoms with Crippen LogP contribution in [0.25, 0.3) is 0 Å². The van der Waals surface area contributed by atoms with Gasteiger partial charge in [0.1, 0.15) is 11.7 Å². The number of carbonyl (C=O) groups is 2. The van der Waals surface area contributed by atoms with E-state index >= 15 is 0 Å². The van der Waals surface area contributed by atoms with Crippen molar-refractivity contribution in [3.05, 3.63) is 22.1 Å². The van der Waals surface area contributed by atoms with E-state index in [4.69, 9.17) is 4.42 Å². The summed E-state index contributed by atoms with van der Waals surface area (Å²) in [5.41, 5.74) is 0.841. The van der Waals surface area contributed by atoms with Gasteiger partial charge in [-0.25, -0.2) is 0 Å². The highest BCUT2D eigenvalue weighted by Gasteiger charge is 2.37. The average molecular weight is 259 g/mol. The first kappa shape index (κ1) is 9.45. The summed E-state index contributed by atoms with van der Waals surface area (Å²) < 4.78 is 10.3. The van der Waals surface area contributed by atoms with Crippen LogP contribution in [0, 0.1) is 6.92 Å². The van der Waals surface area contributed by atoms with Crippen LogP contribution in [0.2, 0.25) is 0 Å². The molecule has 0 spiro atoms. The van der Waals surface area contributed by atoms with Crippen molar-refractivity contribution in [2.75, 3.05) is 0 Å². The molecule has 0 aromatic carbocycles. The fraction of sp³-hybridized carbons (Fsp3) is 0.333. The van der Waals surface area contributed by atoms with Gasteiger partial charge < -0.3 is 9.15 Å². The zero-order chi connectivity index (χ0) is 10.3. The number of cyclic esters (lactones) is 2. The molecule has 0 N–H and O–H groups in total. The Labute approximate surface area is 88.3 Å². The van der Waals surface area contributed by atoms with Crippen LogP contribution in [-0.2, 0) is 14.3 Å². The predicted molar refractivity (Wildman–Crippen MR) is 49.6 cm³/mol. The monoisotopic (exact) mass is 258 g/mol. The third kappa shape index (κ3) is 1.48. The van der Waals surface area contributed by atoms with Gasteiger partial charge in [0.15, 0.2) is 4.67 Å². The molecule has 1 unspecified atom stereocenters. The van der Waals surface area contributed by atoms with Crippen molar-refractivity contribution in [3.8, 4) is 0 Å². The van der Waals surface area contributed by atoms with Crippen molar-refractivity contribution in [1.29, 1.82) is 0 Å². The predicted octanol–water partition coefficient (Wildman–Crippen LogP) is 1.91. The van der Waals surface area contributed by atoms with Crippen LogP contribution in [0.5, 0.6) is 0 Å². The third-order valence-electron chi connectivity index (χ3n) is 2.11. The normalized spacial score (nSPS) is 21.4. The van der Waals surface area contributed by atoms with Gasteiger partial charge in [-0.15, -0.1) is 0 Å². The highest BCUT2D eigenvalue weighted by Crippen LogP contribution is 2.33. The van der Waals surface area contributed by atoms with Crippen molar-refractivity contribution in [3.63, 3.8) is 0 Å². The van der Waals surface area contributed by atoms with Gasteiger partial charge >= 0.3 is 11.9 Å². The second-order valence-electron chi connectivity index (χ2n) is 3.15. The molecular weight excluding hydrogens is 252 g/mol. The summed E-state index contributed by atoms with van der Waals surface area (Å²) >= 11 is 3.16. The van der Waals surface area contributed by atoms with Gasteiger partial charge in [-0.1, -0.05) is 0 Å². The molecule has 1 aromatic heterocycles. The number of esters is 2. The summed E-state index contributed by atoms with van der Waals surface area (Å²) in [6.45, 7) is 1.82. The summed E-state index contributed by atoms with van der Waals surface area (Å²) in [4.78, 5) is 22.1. The molecule has 1 atom stereocenters. The van der Waals surface area contributed by atoms with E-state index in [0.29, 0.717) is 10.4 Å². The van der Waals surface area contributed by atoms with E-state index < -0.39 is 17.9 Å². The van der Waals surface area contributed by atoms with E-state index in [1.54, 1.807) is 6.07 Å². The molecule has 2 rings (SSSR count). The Bertz CT molecular complexity index is 407. The lowest BCUT2D eigenvalue weighted by atomic mass is 10.0. The summed E-state index contributed by atoms with van der Waals surface area (Å²) in [6, 6.07) is 1.76. The maximum Gasteiger partial charge on any atom is 0.324 e. The highest BCUT2D eigenvalue weighted by atomic mass is 79.9. The van der Waals surface area contributed by atoms with Crippen LogP contribution >= 0.6 is 15.9 Å². The van der Waals surface area contributed by atoms with Crippen LogP contribution in [0.4, 0.5) is 0 Å². The molecule has 1 aliphatic heterocycles. The van der Waals surface area contributed by atoms with Gasteiger partial charge in [-0.05, 0) is 34.5 Å². The molecule has 0 radical (unpaired) electrons. The number of rotatable bonds is 1. The maximum atomic E-state index is 11.2. The zero-order valence-electron chi connectivity index (χ0n) is 7.37. The van der Waals surface area contributed by atoms with Gasteiger partial charge in [0, 0.05) is 0 Å². The minimum Gasteiger partial charge on any atom is -0.453 e. The van der Waals surface area contributed by atoms with Gasteiger partial charge in [0.25, 0.3) is 0 Å². The minimum atomic E-state index is -0.575. The lowest BCUT2D eigenvalue weighted by Crippen LogP contribution is -2.05. The number of hydrogen-bond donors (Lipinski definition) is 0.